The normalized spacial score (nSPS) is 10.6. The van der Waals surface area contributed by atoms with Crippen LogP contribution in [0, 0.1) is 18.2 Å². The number of hydrogen-bond donors (Lipinski definition) is 3. The molecule has 15 heteroatoms. The number of ketones is 3. The molecule has 381 valence electrons. The largest absolute Gasteiger partial charge is 0.512 e. The van der Waals surface area contributed by atoms with Gasteiger partial charge in [-0.3, -0.25) is 29.3 Å². The second-order valence-electron chi connectivity index (χ2n) is 15.1. The number of para-hydroxylation sites is 4. The summed E-state index contributed by atoms with van der Waals surface area (Å²) in [5, 5.41) is 29.6. The molecule has 0 spiro atoms. The number of aliphatic hydroxyl groups is 3. The van der Waals surface area contributed by atoms with Crippen LogP contribution in [0.3, 0.4) is 0 Å². The molecule has 0 unspecified atom stereocenters. The van der Waals surface area contributed by atoms with Gasteiger partial charge in [0.2, 0.25) is 0 Å². The van der Waals surface area contributed by atoms with E-state index < -0.39 is 0 Å². The molecule has 3 heterocycles. The van der Waals surface area contributed by atoms with Crippen LogP contribution >= 0.6 is 22.7 Å². The van der Waals surface area contributed by atoms with Crippen LogP contribution in [0.4, 0.5) is 0 Å². The van der Waals surface area contributed by atoms with Crippen molar-refractivity contribution in [2.45, 2.75) is 41.5 Å². The first-order valence-corrected chi connectivity index (χ1v) is 23.3. The van der Waals surface area contributed by atoms with Crippen LogP contribution in [0.1, 0.15) is 41.5 Å². The van der Waals surface area contributed by atoms with Crippen molar-refractivity contribution in [1.29, 1.82) is 0 Å². The van der Waals surface area contributed by atoms with E-state index in [0.29, 0.717) is 5.89 Å². The molecule has 3 aromatic heterocycles. The fourth-order valence-electron chi connectivity index (χ4n) is 6.23. The van der Waals surface area contributed by atoms with Gasteiger partial charge in [-0.25, -0.2) is 0 Å². The van der Waals surface area contributed by atoms with Gasteiger partial charge in [0, 0.05) is 98.0 Å². The zero-order valence-electron chi connectivity index (χ0n) is 40.4. The molecule has 0 saturated carbocycles. The third-order valence-corrected chi connectivity index (χ3v) is 11.1. The van der Waals surface area contributed by atoms with Crippen LogP contribution in [0.5, 0.6) is 0 Å². The number of allylic oxidation sites excluding steroid dienone is 6. The van der Waals surface area contributed by atoms with E-state index in [1.807, 2.05) is 103 Å². The Hall–Kier alpha value is -6.37. The van der Waals surface area contributed by atoms with E-state index in [0.717, 1.165) is 48.8 Å². The van der Waals surface area contributed by atoms with Gasteiger partial charge in [0.1, 0.15) is 11.5 Å². The number of aliphatic hydroxyl groups excluding tert-OH is 3. The predicted octanol–water partition coefficient (Wildman–Crippen LogP) is 15.1. The molecule has 0 aliphatic rings. The zero-order valence-corrected chi connectivity index (χ0v) is 49.2. The molecule has 0 fully saturated rings. The maximum Gasteiger partial charge on any atom is 0.155 e. The van der Waals surface area contributed by atoms with Gasteiger partial charge in [-0.1, -0.05) is 71.6 Å². The first-order chi connectivity index (χ1) is 33.7. The zero-order chi connectivity index (χ0) is 50.4. The Morgan fingerprint density at radius 2 is 0.904 bits per heavy atom. The van der Waals surface area contributed by atoms with Gasteiger partial charge >= 0.3 is 0 Å². The first kappa shape index (κ1) is 62.7. The quantitative estimate of drug-likeness (QED) is 0.0829. The van der Waals surface area contributed by atoms with Crippen molar-refractivity contribution in [3.8, 4) is 32.6 Å². The maximum atomic E-state index is 10.0. The topological polar surface area (TPSA) is 164 Å². The summed E-state index contributed by atoms with van der Waals surface area (Å²) in [6, 6.07) is 61.8. The molecular formula is C58H50Ir3N3O7S2-3. The molecule has 10 rings (SSSR count). The van der Waals surface area contributed by atoms with Crippen molar-refractivity contribution in [1.82, 2.24) is 15.0 Å². The molecule has 73 heavy (non-hydrogen) atoms. The van der Waals surface area contributed by atoms with Crippen LogP contribution in [-0.4, -0.2) is 47.6 Å². The Labute approximate surface area is 473 Å². The molecule has 0 aliphatic carbocycles. The average Bonchev–Trinajstić information content (AvgIpc) is 4.09. The van der Waals surface area contributed by atoms with Crippen molar-refractivity contribution in [3.63, 3.8) is 0 Å². The Morgan fingerprint density at radius 1 is 0.466 bits per heavy atom. The van der Waals surface area contributed by atoms with E-state index in [1.165, 1.54) is 79.9 Å². The minimum atomic E-state index is -0.125. The molecule has 7 aromatic carbocycles. The second kappa shape index (κ2) is 32.6. The minimum Gasteiger partial charge on any atom is -0.512 e. The number of rotatable bonds is 6. The Morgan fingerprint density at radius 3 is 1.37 bits per heavy atom. The van der Waals surface area contributed by atoms with E-state index in [4.69, 9.17) is 24.7 Å². The Kier molecular flexibility index (Phi) is 28.1. The number of nitrogens with zero attached hydrogens (tertiary/aromatic N) is 3. The van der Waals surface area contributed by atoms with E-state index in [1.54, 1.807) is 22.7 Å². The van der Waals surface area contributed by atoms with Crippen LogP contribution in [0.2, 0.25) is 0 Å². The summed E-state index contributed by atoms with van der Waals surface area (Å²) in [6.45, 7) is 8.54. The molecule has 10 nitrogen and oxygen atoms in total. The molecular weight excluding hydrogens is 1490 g/mol. The van der Waals surface area contributed by atoms with E-state index in [2.05, 4.69) is 82.8 Å². The van der Waals surface area contributed by atoms with Crippen molar-refractivity contribution in [2.24, 2.45) is 0 Å². The maximum absolute atomic E-state index is 10.0. The third-order valence-electron chi connectivity index (χ3n) is 8.93. The standard InChI is InChI=1S/C17H10NS.C13H8NO.C13H8NS.3C5H8O2.3Ir/c1-2-8-13-12(6-1)7-5-9-14(13)17-18-15-10-3-4-11-16(15)19-17;2*1-2-6-10(7-3-1)13-14-11-8-4-5-9-12(11)15-13;3*1-4(6)3-5(2)7;;;/h1-8,10-11H;2*1-6,8-9H;3*3,6H,1-2H3;;;/q3*-1;;;;;;. The number of hydrogen-bond acceptors (Lipinski definition) is 12. The SMILES string of the molecule is CC(=O)C=C(C)O.CC(=O)C=C(C)O.CC(=O)C=C(C)O.[Ir].[Ir].[Ir].[c-]1ccc2ccccc2c1-c1nc2ccccc2s1.[c-]1ccccc1-c1nc2ccccc2o1.[c-]1ccccc1-c1nc2ccccc2s1. The molecule has 3 N–H and O–H groups in total. The van der Waals surface area contributed by atoms with E-state index in [-0.39, 0.29) is 94.9 Å². The Bertz CT molecular complexity index is 3110. The fourth-order valence-corrected chi connectivity index (χ4v) is 8.17. The summed E-state index contributed by atoms with van der Waals surface area (Å²) >= 11 is 3.43. The predicted molar refractivity (Wildman–Crippen MR) is 285 cm³/mol. The van der Waals surface area contributed by atoms with Crippen molar-refractivity contribution in [3.05, 3.63) is 211 Å². The average molecular weight is 1540 g/mol. The monoisotopic (exact) mass is 1540 g/mol. The smallest absolute Gasteiger partial charge is 0.155 e. The van der Waals surface area contributed by atoms with Gasteiger partial charge in [-0.15, -0.1) is 95.4 Å². The van der Waals surface area contributed by atoms with Gasteiger partial charge in [0.25, 0.3) is 0 Å². The Balaban J connectivity index is 0.000000312. The number of oxazole rings is 1. The molecule has 3 radical (unpaired) electrons. The van der Waals surface area contributed by atoms with Crippen LogP contribution < -0.4 is 0 Å². The summed E-state index contributed by atoms with van der Waals surface area (Å²) < 4.78 is 8.06. The van der Waals surface area contributed by atoms with Crippen molar-refractivity contribution in [2.75, 3.05) is 0 Å². The van der Waals surface area contributed by atoms with Gasteiger partial charge in [0.15, 0.2) is 17.3 Å². The summed E-state index contributed by atoms with van der Waals surface area (Å²) in [6.07, 6.45) is 3.50. The third kappa shape index (κ3) is 21.3. The summed E-state index contributed by atoms with van der Waals surface area (Å²) in [7, 11) is 0. The number of carbonyl (C=O) groups excluding carboxylic acids is 3. The van der Waals surface area contributed by atoms with Crippen LogP contribution in [-0.2, 0) is 74.7 Å². The minimum absolute atomic E-state index is 0. The van der Waals surface area contributed by atoms with Crippen LogP contribution in [0.15, 0.2) is 198 Å². The van der Waals surface area contributed by atoms with Crippen molar-refractivity contribution < 1.29 is 94.4 Å². The number of thiazole rings is 2. The number of carbonyl (C=O) groups is 3. The summed E-state index contributed by atoms with van der Waals surface area (Å²) in [5.74, 6) is 0.435. The first-order valence-electron chi connectivity index (χ1n) is 21.7. The molecule has 10 aromatic rings. The fraction of sp³-hybridized carbons (Fsp3) is 0.103. The summed E-state index contributed by atoms with van der Waals surface area (Å²) in [4.78, 5) is 43.7. The molecule has 0 aliphatic heterocycles. The van der Waals surface area contributed by atoms with Crippen LogP contribution in [0.25, 0.3) is 74.9 Å². The number of aromatic nitrogens is 3. The molecule has 0 saturated heterocycles. The molecule has 0 amide bonds. The van der Waals surface area contributed by atoms with E-state index in [9.17, 15) is 14.4 Å². The van der Waals surface area contributed by atoms with E-state index >= 15 is 0 Å². The van der Waals surface area contributed by atoms with Gasteiger partial charge < -0.3 is 19.7 Å². The number of fused-ring (bicyclic) bond motifs is 4. The number of benzene rings is 7. The summed E-state index contributed by atoms with van der Waals surface area (Å²) in [5.41, 5.74) is 6.86. The second-order valence-corrected chi connectivity index (χ2v) is 17.2. The van der Waals surface area contributed by atoms with Crippen molar-refractivity contribution >= 4 is 82.3 Å². The van der Waals surface area contributed by atoms with Gasteiger partial charge in [-0.05, 0) is 77.9 Å². The molecule has 0 bridgehead atoms. The van der Waals surface area contributed by atoms with Gasteiger partial charge in [-0.2, -0.15) is 22.7 Å². The van der Waals surface area contributed by atoms with Gasteiger partial charge in [0.05, 0.1) is 33.8 Å². The molecule has 0 atom stereocenters.